The third-order valence-electron chi connectivity index (χ3n) is 4.53. The largest absolute Gasteiger partial charge is 0.488 e. The molecule has 4 rings (SSSR count). The number of H-pyrrole nitrogens is 1. The van der Waals surface area contributed by atoms with Crippen LogP contribution in [0.4, 0.5) is 4.39 Å². The zero-order valence-electron chi connectivity index (χ0n) is 15.8. The van der Waals surface area contributed by atoms with Crippen molar-refractivity contribution in [2.75, 3.05) is 20.7 Å². The average molecular weight is 379 g/mol. The maximum absolute atomic E-state index is 14.3. The number of para-hydroxylation sites is 1. The number of hydrogen-bond acceptors (Lipinski definition) is 4. The molecule has 7 heteroatoms. The minimum Gasteiger partial charge on any atom is -0.488 e. The number of aromatic nitrogens is 4. The first-order valence-corrected chi connectivity index (χ1v) is 9.07. The van der Waals surface area contributed by atoms with Crippen LogP contribution in [0.1, 0.15) is 12.0 Å². The predicted molar refractivity (Wildman–Crippen MR) is 107 cm³/mol. The third-order valence-corrected chi connectivity index (χ3v) is 4.53. The van der Waals surface area contributed by atoms with Gasteiger partial charge < -0.3 is 14.2 Å². The summed E-state index contributed by atoms with van der Waals surface area (Å²) in [4.78, 5) is 5.96. The van der Waals surface area contributed by atoms with Crippen LogP contribution in [0.25, 0.3) is 22.0 Å². The zero-order chi connectivity index (χ0) is 19.5. The molecule has 2 heterocycles. The Bertz CT molecular complexity index is 1060. The minimum absolute atomic E-state index is 0.0901. The molecule has 0 saturated heterocycles. The molecule has 6 nitrogen and oxygen atoms in total. The van der Waals surface area contributed by atoms with E-state index in [2.05, 4.69) is 26.1 Å². The molecule has 1 atom stereocenters. The zero-order valence-corrected chi connectivity index (χ0v) is 15.8. The van der Waals surface area contributed by atoms with Crippen LogP contribution in [-0.4, -0.2) is 45.4 Å². The number of nitrogens with one attached hydrogen (secondary N) is 1. The van der Waals surface area contributed by atoms with Gasteiger partial charge in [0.25, 0.3) is 0 Å². The fourth-order valence-corrected chi connectivity index (χ4v) is 3.18. The molecule has 1 N–H and O–H groups in total. The molecule has 28 heavy (non-hydrogen) atoms. The SMILES string of the molecule is CN(C)Cc1[nH]nc2ccc(-c3ccccc3OCC(F)n3ccnc3)cc12. The number of benzene rings is 2. The molecule has 0 saturated carbocycles. The highest BCUT2D eigenvalue weighted by molar-refractivity contribution is 5.87. The van der Waals surface area contributed by atoms with Crippen LogP contribution in [0.2, 0.25) is 0 Å². The lowest BCUT2D eigenvalue weighted by Crippen LogP contribution is -2.12. The van der Waals surface area contributed by atoms with Crippen molar-refractivity contribution < 1.29 is 9.13 Å². The number of ether oxygens (including phenoxy) is 1. The van der Waals surface area contributed by atoms with Gasteiger partial charge in [0.15, 0.2) is 0 Å². The molecule has 0 radical (unpaired) electrons. The first-order chi connectivity index (χ1) is 13.6. The molecule has 0 bridgehead atoms. The minimum atomic E-state index is -1.29. The fourth-order valence-electron chi connectivity index (χ4n) is 3.18. The van der Waals surface area contributed by atoms with Crippen molar-refractivity contribution in [3.05, 3.63) is 66.9 Å². The van der Waals surface area contributed by atoms with Crippen LogP contribution in [-0.2, 0) is 6.54 Å². The van der Waals surface area contributed by atoms with E-state index >= 15 is 0 Å². The Labute approximate surface area is 162 Å². The van der Waals surface area contributed by atoms with Crippen molar-refractivity contribution in [1.82, 2.24) is 24.6 Å². The summed E-state index contributed by atoms with van der Waals surface area (Å²) in [6.07, 6.45) is 3.28. The number of hydrogen-bond donors (Lipinski definition) is 1. The topological polar surface area (TPSA) is 59.0 Å². The van der Waals surface area contributed by atoms with E-state index in [4.69, 9.17) is 4.74 Å². The standard InChI is InChI=1S/C21H22FN5O/c1-26(2)12-19-17-11-15(7-8-18(17)24-25-19)16-5-3-4-6-20(16)28-13-21(22)27-10-9-23-14-27/h3-11,14,21H,12-13H2,1-2H3,(H,24,25). The summed E-state index contributed by atoms with van der Waals surface area (Å²) in [5.41, 5.74) is 3.90. The Morgan fingerprint density at radius 3 is 2.86 bits per heavy atom. The molecule has 0 amide bonds. The van der Waals surface area contributed by atoms with Crippen molar-refractivity contribution in [3.8, 4) is 16.9 Å². The third kappa shape index (κ3) is 3.75. The van der Waals surface area contributed by atoms with E-state index < -0.39 is 6.30 Å². The van der Waals surface area contributed by atoms with E-state index in [1.54, 1.807) is 12.4 Å². The number of fused-ring (bicyclic) bond motifs is 1. The van der Waals surface area contributed by atoms with Gasteiger partial charge in [-0.25, -0.2) is 9.37 Å². The van der Waals surface area contributed by atoms with Gasteiger partial charge in [0, 0.05) is 29.9 Å². The first-order valence-electron chi connectivity index (χ1n) is 9.07. The van der Waals surface area contributed by atoms with E-state index in [1.165, 1.54) is 10.9 Å². The van der Waals surface area contributed by atoms with Gasteiger partial charge in [-0.3, -0.25) is 5.10 Å². The summed E-state index contributed by atoms with van der Waals surface area (Å²) in [5.74, 6) is 0.641. The molecule has 2 aromatic carbocycles. The molecule has 144 valence electrons. The van der Waals surface area contributed by atoms with Gasteiger partial charge in [0.2, 0.25) is 6.30 Å². The molecule has 0 spiro atoms. The molecule has 2 aromatic heterocycles. The number of imidazole rings is 1. The fraction of sp³-hybridized carbons (Fsp3) is 0.238. The number of rotatable bonds is 7. The number of aromatic amines is 1. The van der Waals surface area contributed by atoms with Crippen molar-refractivity contribution >= 4 is 10.9 Å². The second-order valence-electron chi connectivity index (χ2n) is 6.92. The average Bonchev–Trinajstić information content (AvgIpc) is 3.36. The van der Waals surface area contributed by atoms with Gasteiger partial charge in [-0.2, -0.15) is 5.10 Å². The highest BCUT2D eigenvalue weighted by atomic mass is 19.1. The maximum Gasteiger partial charge on any atom is 0.211 e. The maximum atomic E-state index is 14.3. The van der Waals surface area contributed by atoms with Gasteiger partial charge in [-0.1, -0.05) is 24.3 Å². The van der Waals surface area contributed by atoms with Crippen LogP contribution in [0.15, 0.2) is 61.2 Å². The number of halogens is 1. The Balaban J connectivity index is 1.62. The van der Waals surface area contributed by atoms with Gasteiger partial charge in [0.05, 0.1) is 17.5 Å². The normalized spacial score (nSPS) is 12.6. The summed E-state index contributed by atoms with van der Waals surface area (Å²) in [6, 6.07) is 13.8. The van der Waals surface area contributed by atoms with Gasteiger partial charge in [0.1, 0.15) is 12.4 Å². The molecule has 0 aliphatic carbocycles. The summed E-state index contributed by atoms with van der Waals surface area (Å²) < 4.78 is 21.5. The molecular weight excluding hydrogens is 357 g/mol. The molecule has 0 aliphatic rings. The molecule has 1 unspecified atom stereocenters. The van der Waals surface area contributed by atoms with Gasteiger partial charge in [-0.15, -0.1) is 0 Å². The Morgan fingerprint density at radius 2 is 2.07 bits per heavy atom. The molecule has 0 fully saturated rings. The van der Waals surface area contributed by atoms with Crippen LogP contribution in [0.3, 0.4) is 0 Å². The summed E-state index contributed by atoms with van der Waals surface area (Å²) in [6.45, 7) is 0.680. The van der Waals surface area contributed by atoms with Crippen molar-refractivity contribution in [2.24, 2.45) is 0 Å². The lowest BCUT2D eigenvalue weighted by molar-refractivity contribution is 0.140. The molecule has 0 aliphatic heterocycles. The molecular formula is C21H22FN5O. The van der Waals surface area contributed by atoms with Crippen LogP contribution in [0, 0.1) is 0 Å². The number of nitrogens with zero attached hydrogens (tertiary/aromatic N) is 4. The Morgan fingerprint density at radius 1 is 1.21 bits per heavy atom. The van der Waals surface area contributed by atoms with E-state index in [1.807, 2.05) is 50.5 Å². The summed E-state index contributed by atoms with van der Waals surface area (Å²) >= 11 is 0. The van der Waals surface area contributed by atoms with Crippen molar-refractivity contribution in [3.63, 3.8) is 0 Å². The highest BCUT2D eigenvalue weighted by Crippen LogP contribution is 2.33. The summed E-state index contributed by atoms with van der Waals surface area (Å²) in [7, 11) is 4.04. The van der Waals surface area contributed by atoms with Crippen molar-refractivity contribution in [1.29, 1.82) is 0 Å². The first kappa shape index (κ1) is 18.2. The smallest absolute Gasteiger partial charge is 0.211 e. The Kier molecular flexibility index (Phi) is 5.08. The van der Waals surface area contributed by atoms with E-state index in [0.717, 1.165) is 34.3 Å². The summed E-state index contributed by atoms with van der Waals surface area (Å²) in [5, 5.41) is 8.56. The monoisotopic (exact) mass is 379 g/mol. The van der Waals surface area contributed by atoms with Crippen LogP contribution < -0.4 is 4.74 Å². The van der Waals surface area contributed by atoms with E-state index in [9.17, 15) is 4.39 Å². The lowest BCUT2D eigenvalue weighted by atomic mass is 10.0. The quantitative estimate of drug-likeness (QED) is 0.527. The second-order valence-corrected chi connectivity index (χ2v) is 6.92. The number of alkyl halides is 1. The predicted octanol–water partition coefficient (Wildman–Crippen LogP) is 4.04. The van der Waals surface area contributed by atoms with Crippen LogP contribution in [0.5, 0.6) is 5.75 Å². The highest BCUT2D eigenvalue weighted by Gasteiger charge is 2.13. The van der Waals surface area contributed by atoms with Gasteiger partial charge >= 0.3 is 0 Å². The van der Waals surface area contributed by atoms with Crippen molar-refractivity contribution in [2.45, 2.75) is 12.8 Å². The van der Waals surface area contributed by atoms with Gasteiger partial charge in [-0.05, 0) is 37.9 Å². The lowest BCUT2D eigenvalue weighted by Gasteiger charge is -2.15. The van der Waals surface area contributed by atoms with E-state index in [0.29, 0.717) is 5.75 Å². The second kappa shape index (κ2) is 7.82. The van der Waals surface area contributed by atoms with Crippen LogP contribution >= 0.6 is 0 Å². The molecule has 4 aromatic rings. The van der Waals surface area contributed by atoms with E-state index in [-0.39, 0.29) is 6.61 Å². The Hall–Kier alpha value is -3.19.